The standard InChI is InChI=1S/C11H20N4O2/c1-3-5-7-8(6-4-2)13-11(16)9-10(12)15-17-14-9/h8H,3-7H2,1-2H3,(H2,12,15)(H,13,16). The number of carbonyl (C=O) groups is 1. The maximum Gasteiger partial charge on any atom is 0.277 e. The van der Waals surface area contributed by atoms with E-state index in [1.165, 1.54) is 0 Å². The summed E-state index contributed by atoms with van der Waals surface area (Å²) in [7, 11) is 0. The fraction of sp³-hybridized carbons (Fsp3) is 0.727. The lowest BCUT2D eigenvalue weighted by Crippen LogP contribution is -2.35. The Kier molecular flexibility index (Phi) is 5.45. The van der Waals surface area contributed by atoms with Crippen LogP contribution in [0.15, 0.2) is 4.63 Å². The van der Waals surface area contributed by atoms with Gasteiger partial charge < -0.3 is 11.1 Å². The number of carbonyl (C=O) groups excluding carboxylic acids is 1. The summed E-state index contributed by atoms with van der Waals surface area (Å²) in [6.45, 7) is 4.22. The number of nitrogens with two attached hydrogens (primary N) is 1. The van der Waals surface area contributed by atoms with Crippen molar-refractivity contribution in [1.82, 2.24) is 15.6 Å². The lowest BCUT2D eigenvalue weighted by Gasteiger charge is -2.16. The zero-order valence-corrected chi connectivity index (χ0v) is 10.4. The van der Waals surface area contributed by atoms with Crippen LogP contribution in [0.2, 0.25) is 0 Å². The third-order valence-corrected chi connectivity index (χ3v) is 2.61. The molecule has 0 aliphatic heterocycles. The first kappa shape index (κ1) is 13.5. The van der Waals surface area contributed by atoms with Crippen molar-refractivity contribution in [2.24, 2.45) is 0 Å². The molecule has 0 spiro atoms. The van der Waals surface area contributed by atoms with Gasteiger partial charge in [-0.1, -0.05) is 33.1 Å². The average Bonchev–Trinajstić information content (AvgIpc) is 2.72. The molecule has 6 heteroatoms. The minimum Gasteiger partial charge on any atom is -0.379 e. The van der Waals surface area contributed by atoms with Crippen molar-refractivity contribution in [1.29, 1.82) is 0 Å². The van der Waals surface area contributed by atoms with Gasteiger partial charge >= 0.3 is 0 Å². The van der Waals surface area contributed by atoms with Gasteiger partial charge in [0.1, 0.15) is 0 Å². The van der Waals surface area contributed by atoms with Crippen LogP contribution in [0.4, 0.5) is 5.82 Å². The Bertz CT molecular complexity index is 351. The molecule has 0 fully saturated rings. The van der Waals surface area contributed by atoms with Crippen LogP contribution in [-0.4, -0.2) is 22.3 Å². The molecule has 1 heterocycles. The number of hydrogen-bond donors (Lipinski definition) is 2. The predicted molar refractivity (Wildman–Crippen MR) is 64.4 cm³/mol. The molecule has 1 amide bonds. The van der Waals surface area contributed by atoms with Gasteiger partial charge in [0.05, 0.1) is 0 Å². The number of amides is 1. The van der Waals surface area contributed by atoms with Crippen LogP contribution in [0.25, 0.3) is 0 Å². The lowest BCUT2D eigenvalue weighted by molar-refractivity contribution is 0.0923. The third kappa shape index (κ3) is 4.05. The van der Waals surface area contributed by atoms with Gasteiger partial charge in [-0.2, -0.15) is 0 Å². The molecule has 0 aliphatic rings. The third-order valence-electron chi connectivity index (χ3n) is 2.61. The van der Waals surface area contributed by atoms with Gasteiger partial charge in [0.15, 0.2) is 0 Å². The number of hydrogen-bond acceptors (Lipinski definition) is 5. The molecule has 1 unspecified atom stereocenters. The highest BCUT2D eigenvalue weighted by Gasteiger charge is 2.19. The van der Waals surface area contributed by atoms with E-state index in [-0.39, 0.29) is 23.5 Å². The highest BCUT2D eigenvalue weighted by Crippen LogP contribution is 2.09. The van der Waals surface area contributed by atoms with Gasteiger partial charge in [-0.15, -0.1) is 0 Å². The first-order valence-electron chi connectivity index (χ1n) is 6.07. The second-order valence-corrected chi connectivity index (χ2v) is 4.10. The summed E-state index contributed by atoms with van der Waals surface area (Å²) < 4.78 is 4.40. The summed E-state index contributed by atoms with van der Waals surface area (Å²) in [5, 5.41) is 9.78. The van der Waals surface area contributed by atoms with E-state index in [4.69, 9.17) is 5.73 Å². The van der Waals surface area contributed by atoms with E-state index < -0.39 is 0 Å². The first-order chi connectivity index (χ1) is 8.19. The highest BCUT2D eigenvalue weighted by molar-refractivity contribution is 5.96. The molecule has 1 aromatic heterocycles. The summed E-state index contributed by atoms with van der Waals surface area (Å²) in [5.74, 6) is -0.272. The average molecular weight is 240 g/mol. The summed E-state index contributed by atoms with van der Waals surface area (Å²) in [6.07, 6.45) is 5.17. The van der Waals surface area contributed by atoms with E-state index >= 15 is 0 Å². The predicted octanol–water partition coefficient (Wildman–Crippen LogP) is 1.74. The van der Waals surface area contributed by atoms with Gasteiger partial charge in [-0.05, 0) is 23.2 Å². The van der Waals surface area contributed by atoms with E-state index in [1.54, 1.807) is 0 Å². The van der Waals surface area contributed by atoms with Crippen LogP contribution < -0.4 is 11.1 Å². The number of nitrogen functional groups attached to an aromatic ring is 1. The number of nitrogens with zero attached hydrogens (tertiary/aromatic N) is 2. The van der Waals surface area contributed by atoms with Crippen LogP contribution in [0.5, 0.6) is 0 Å². The molecular weight excluding hydrogens is 220 g/mol. The van der Waals surface area contributed by atoms with E-state index in [2.05, 4.69) is 34.1 Å². The molecule has 17 heavy (non-hydrogen) atoms. The van der Waals surface area contributed by atoms with Crippen molar-refractivity contribution < 1.29 is 9.42 Å². The molecule has 0 aromatic carbocycles. The highest BCUT2D eigenvalue weighted by atomic mass is 16.6. The van der Waals surface area contributed by atoms with Crippen molar-refractivity contribution in [3.8, 4) is 0 Å². The zero-order valence-electron chi connectivity index (χ0n) is 10.4. The Morgan fingerprint density at radius 3 is 2.65 bits per heavy atom. The molecule has 0 radical (unpaired) electrons. The SMILES string of the molecule is CCCCC(CCC)NC(=O)c1nonc1N. The van der Waals surface area contributed by atoms with Gasteiger partial charge in [0, 0.05) is 6.04 Å². The van der Waals surface area contributed by atoms with E-state index in [9.17, 15) is 4.79 Å². The normalized spacial score (nSPS) is 12.4. The molecule has 0 saturated heterocycles. The topological polar surface area (TPSA) is 94.0 Å². The Morgan fingerprint density at radius 2 is 2.12 bits per heavy atom. The van der Waals surface area contributed by atoms with E-state index in [0.717, 1.165) is 32.1 Å². The second kappa shape index (κ2) is 6.88. The monoisotopic (exact) mass is 240 g/mol. The maximum absolute atomic E-state index is 11.8. The van der Waals surface area contributed by atoms with Crippen LogP contribution in [0.3, 0.4) is 0 Å². The molecule has 1 aromatic rings. The Labute approximate surface area is 101 Å². The van der Waals surface area contributed by atoms with Crippen molar-refractivity contribution in [2.45, 2.75) is 52.0 Å². The largest absolute Gasteiger partial charge is 0.379 e. The second-order valence-electron chi connectivity index (χ2n) is 4.10. The molecule has 96 valence electrons. The van der Waals surface area contributed by atoms with Crippen LogP contribution in [0, 0.1) is 0 Å². The molecular formula is C11H20N4O2. The zero-order chi connectivity index (χ0) is 12.7. The Hall–Kier alpha value is -1.59. The molecule has 3 N–H and O–H groups in total. The van der Waals surface area contributed by atoms with Crippen molar-refractivity contribution in [2.75, 3.05) is 5.73 Å². The molecule has 0 bridgehead atoms. The van der Waals surface area contributed by atoms with Crippen molar-refractivity contribution in [3.05, 3.63) is 5.69 Å². The first-order valence-corrected chi connectivity index (χ1v) is 6.07. The minimum atomic E-state index is -0.307. The minimum absolute atomic E-state index is 0.0354. The quantitative estimate of drug-likeness (QED) is 0.757. The van der Waals surface area contributed by atoms with Crippen LogP contribution >= 0.6 is 0 Å². The summed E-state index contributed by atoms with van der Waals surface area (Å²) in [4.78, 5) is 11.8. The summed E-state index contributed by atoms with van der Waals surface area (Å²) >= 11 is 0. The van der Waals surface area contributed by atoms with Gasteiger partial charge in [0.25, 0.3) is 5.91 Å². The van der Waals surface area contributed by atoms with Crippen molar-refractivity contribution >= 4 is 11.7 Å². The number of unbranched alkanes of at least 4 members (excludes halogenated alkanes) is 1. The molecule has 6 nitrogen and oxygen atoms in total. The molecule has 0 aliphatic carbocycles. The summed E-state index contributed by atoms with van der Waals surface area (Å²) in [6, 6.07) is 0.170. The van der Waals surface area contributed by atoms with E-state index in [1.807, 2.05) is 0 Å². The van der Waals surface area contributed by atoms with Crippen LogP contribution in [0.1, 0.15) is 56.4 Å². The number of anilines is 1. The van der Waals surface area contributed by atoms with Gasteiger partial charge in [-0.3, -0.25) is 4.79 Å². The lowest BCUT2D eigenvalue weighted by atomic mass is 10.1. The fourth-order valence-electron chi connectivity index (χ4n) is 1.69. The van der Waals surface area contributed by atoms with Gasteiger partial charge in [0.2, 0.25) is 11.5 Å². The number of nitrogens with one attached hydrogen (secondary N) is 1. The number of aromatic nitrogens is 2. The maximum atomic E-state index is 11.8. The van der Waals surface area contributed by atoms with Crippen molar-refractivity contribution in [3.63, 3.8) is 0 Å². The Morgan fingerprint density at radius 1 is 1.35 bits per heavy atom. The number of rotatable bonds is 7. The Balaban J connectivity index is 2.54. The summed E-state index contributed by atoms with van der Waals surface area (Å²) in [5.41, 5.74) is 5.53. The molecule has 1 atom stereocenters. The molecule has 1 rings (SSSR count). The van der Waals surface area contributed by atoms with E-state index in [0.29, 0.717) is 0 Å². The van der Waals surface area contributed by atoms with Gasteiger partial charge in [-0.25, -0.2) is 4.63 Å². The fourth-order valence-corrected chi connectivity index (χ4v) is 1.69. The van der Waals surface area contributed by atoms with Crippen LogP contribution in [-0.2, 0) is 0 Å². The smallest absolute Gasteiger partial charge is 0.277 e. The molecule has 0 saturated carbocycles.